The highest BCUT2D eigenvalue weighted by Gasteiger charge is 2.28. The Bertz CT molecular complexity index is 992. The van der Waals surface area contributed by atoms with Gasteiger partial charge in [-0.2, -0.15) is 0 Å². The van der Waals surface area contributed by atoms with Crippen molar-refractivity contribution in [3.8, 4) is 5.69 Å². The Morgan fingerprint density at radius 2 is 1.79 bits per heavy atom. The molecule has 0 amide bonds. The van der Waals surface area contributed by atoms with Gasteiger partial charge in [-0.3, -0.25) is 9.36 Å². The van der Waals surface area contributed by atoms with Gasteiger partial charge in [0.05, 0.1) is 5.69 Å². The van der Waals surface area contributed by atoms with Gasteiger partial charge in [0.2, 0.25) is 10.6 Å². The van der Waals surface area contributed by atoms with Gasteiger partial charge in [-0.1, -0.05) is 30.3 Å². The largest absolute Gasteiger partial charge is 0.475 e. The number of carbonyl (C=O) groups excluding carboxylic acids is 1. The number of fused-ring (bicyclic) bond motifs is 1. The highest BCUT2D eigenvalue weighted by atomic mass is 79.9. The van der Waals surface area contributed by atoms with Crippen molar-refractivity contribution in [1.29, 1.82) is 0 Å². The molecule has 1 fully saturated rings. The molecule has 1 aliphatic carbocycles. The summed E-state index contributed by atoms with van der Waals surface area (Å²) < 4.78 is 1.73. The summed E-state index contributed by atoms with van der Waals surface area (Å²) in [6, 6.07) is 11.8. The predicted molar refractivity (Wildman–Crippen MR) is 90.5 cm³/mol. The number of aromatic nitrogens is 3. The van der Waals surface area contributed by atoms with Gasteiger partial charge in [0.25, 0.3) is 0 Å². The maximum absolute atomic E-state index is 11.9. The number of ketones is 1. The fourth-order valence-corrected chi connectivity index (χ4v) is 3.41. The van der Waals surface area contributed by atoms with Crippen LogP contribution in [0.25, 0.3) is 16.5 Å². The Hall–Kier alpha value is -2.54. The normalized spacial score (nSPS) is 14.0. The molecule has 1 aliphatic rings. The number of hydrogen-bond donors (Lipinski definition) is 1. The number of hydrogen-bond acceptors (Lipinski definition) is 4. The van der Waals surface area contributed by atoms with E-state index < -0.39 is 11.8 Å². The molecular formula is C17H12BrN3O3. The number of aliphatic carboxylic acids is 1. The van der Waals surface area contributed by atoms with E-state index in [4.69, 9.17) is 5.11 Å². The maximum atomic E-state index is 11.9. The van der Waals surface area contributed by atoms with Gasteiger partial charge in [0, 0.05) is 5.39 Å². The minimum absolute atomic E-state index is 0.223. The lowest BCUT2D eigenvalue weighted by molar-refractivity contribution is -0.131. The molecule has 1 aromatic heterocycles. The first-order valence-electron chi connectivity index (χ1n) is 7.48. The molecule has 0 atom stereocenters. The number of carboxylic acids is 1. The number of rotatable bonds is 4. The third-order valence-corrected chi connectivity index (χ3v) is 4.73. The van der Waals surface area contributed by atoms with Gasteiger partial charge < -0.3 is 5.11 Å². The van der Waals surface area contributed by atoms with E-state index in [1.807, 2.05) is 36.4 Å². The van der Waals surface area contributed by atoms with Crippen molar-refractivity contribution in [2.75, 3.05) is 0 Å². The van der Waals surface area contributed by atoms with Crippen LogP contribution in [0.2, 0.25) is 0 Å². The summed E-state index contributed by atoms with van der Waals surface area (Å²) in [5.74, 6) is -2.30. The Balaban J connectivity index is 1.99. The minimum Gasteiger partial charge on any atom is -0.475 e. The van der Waals surface area contributed by atoms with E-state index in [1.165, 1.54) is 23.0 Å². The van der Waals surface area contributed by atoms with Crippen molar-refractivity contribution in [2.45, 2.75) is 18.8 Å². The van der Waals surface area contributed by atoms with Crippen molar-refractivity contribution < 1.29 is 14.7 Å². The van der Waals surface area contributed by atoms with Crippen LogP contribution in [0.5, 0.6) is 0 Å². The topological polar surface area (TPSA) is 85.1 Å². The van der Waals surface area contributed by atoms with E-state index >= 15 is 0 Å². The summed E-state index contributed by atoms with van der Waals surface area (Å²) in [7, 11) is 0. The molecule has 6 nitrogen and oxygen atoms in total. The molecule has 1 N–H and O–H groups in total. The average Bonchev–Trinajstić information content (AvgIpc) is 3.36. The Morgan fingerprint density at radius 3 is 2.46 bits per heavy atom. The molecule has 3 aromatic rings. The highest BCUT2D eigenvalue weighted by molar-refractivity contribution is 9.10. The van der Waals surface area contributed by atoms with E-state index in [9.17, 15) is 9.59 Å². The fourth-order valence-electron chi connectivity index (χ4n) is 2.97. The molecular weight excluding hydrogens is 374 g/mol. The summed E-state index contributed by atoms with van der Waals surface area (Å²) in [4.78, 5) is 23.0. The van der Waals surface area contributed by atoms with Crippen LogP contribution in [0.3, 0.4) is 0 Å². The van der Waals surface area contributed by atoms with Crippen LogP contribution in [0.15, 0.2) is 41.1 Å². The smallest absolute Gasteiger partial charge is 0.380 e. The predicted octanol–water partition coefficient (Wildman–Crippen LogP) is 3.33. The molecule has 4 rings (SSSR count). The van der Waals surface area contributed by atoms with Gasteiger partial charge >= 0.3 is 11.8 Å². The zero-order valence-corrected chi connectivity index (χ0v) is 14.0. The number of carbonyl (C=O) groups is 2. The van der Waals surface area contributed by atoms with E-state index in [-0.39, 0.29) is 10.6 Å². The van der Waals surface area contributed by atoms with Crippen LogP contribution in [0.4, 0.5) is 0 Å². The maximum Gasteiger partial charge on any atom is 0.380 e. The molecule has 24 heavy (non-hydrogen) atoms. The summed E-state index contributed by atoms with van der Waals surface area (Å²) in [6.45, 7) is 0. The van der Waals surface area contributed by atoms with Crippen molar-refractivity contribution in [3.05, 3.63) is 52.5 Å². The summed E-state index contributed by atoms with van der Waals surface area (Å²) >= 11 is 3.26. The van der Waals surface area contributed by atoms with Crippen molar-refractivity contribution >= 4 is 38.5 Å². The van der Waals surface area contributed by atoms with E-state index in [1.54, 1.807) is 0 Å². The van der Waals surface area contributed by atoms with Crippen LogP contribution in [-0.2, 0) is 4.79 Å². The second kappa shape index (κ2) is 5.52. The zero-order chi connectivity index (χ0) is 16.8. The molecule has 0 unspecified atom stereocenters. The van der Waals surface area contributed by atoms with Crippen LogP contribution in [0, 0.1) is 0 Å². The van der Waals surface area contributed by atoms with Gasteiger partial charge in [0.15, 0.2) is 0 Å². The lowest BCUT2D eigenvalue weighted by Gasteiger charge is -2.13. The van der Waals surface area contributed by atoms with Crippen LogP contribution in [0.1, 0.15) is 34.9 Å². The van der Waals surface area contributed by atoms with Crippen LogP contribution in [-0.4, -0.2) is 31.6 Å². The Kier molecular flexibility index (Phi) is 3.45. The van der Waals surface area contributed by atoms with E-state index in [0.29, 0.717) is 11.6 Å². The van der Waals surface area contributed by atoms with E-state index in [0.717, 1.165) is 10.8 Å². The van der Waals surface area contributed by atoms with Crippen molar-refractivity contribution in [2.24, 2.45) is 0 Å². The van der Waals surface area contributed by atoms with Crippen molar-refractivity contribution in [3.63, 3.8) is 0 Å². The SMILES string of the molecule is O=C(O)C(=O)c1nnc(Br)n1-c1ccc(C2CC2)c2ccccc12. The zero-order valence-electron chi connectivity index (χ0n) is 12.4. The Morgan fingerprint density at radius 1 is 1.08 bits per heavy atom. The summed E-state index contributed by atoms with van der Waals surface area (Å²) in [5, 5.41) is 18.6. The number of nitrogens with zero attached hydrogens (tertiary/aromatic N) is 3. The molecule has 7 heteroatoms. The van der Waals surface area contributed by atoms with Gasteiger partial charge in [0.1, 0.15) is 0 Å². The number of Topliss-reactive ketones (excluding diaryl/α,β-unsaturated/α-hetero) is 1. The van der Waals surface area contributed by atoms with Gasteiger partial charge in [-0.05, 0) is 51.7 Å². The first-order valence-corrected chi connectivity index (χ1v) is 8.28. The average molecular weight is 386 g/mol. The van der Waals surface area contributed by atoms with Crippen molar-refractivity contribution in [1.82, 2.24) is 14.8 Å². The van der Waals surface area contributed by atoms with Gasteiger partial charge in [-0.25, -0.2) is 4.79 Å². The van der Waals surface area contributed by atoms with E-state index in [2.05, 4.69) is 26.1 Å². The van der Waals surface area contributed by atoms with Gasteiger partial charge in [-0.15, -0.1) is 10.2 Å². The monoisotopic (exact) mass is 385 g/mol. The molecule has 0 saturated heterocycles. The second-order valence-corrected chi connectivity index (χ2v) is 6.47. The minimum atomic E-state index is -1.56. The molecule has 0 spiro atoms. The quantitative estimate of drug-likeness (QED) is 0.549. The summed E-state index contributed by atoms with van der Waals surface area (Å²) in [6.07, 6.45) is 2.37. The lowest BCUT2D eigenvalue weighted by Crippen LogP contribution is -2.18. The third kappa shape index (κ3) is 2.32. The lowest BCUT2D eigenvalue weighted by atomic mass is 9.99. The molecule has 0 aliphatic heterocycles. The number of benzene rings is 2. The standard InChI is InChI=1S/C17H12BrN3O3/c18-17-20-19-15(14(22)16(23)24)21(17)13-8-7-10(9-5-6-9)11-3-1-2-4-12(11)13/h1-4,7-9H,5-6H2,(H,23,24). The van der Waals surface area contributed by atoms with Crippen LogP contribution >= 0.6 is 15.9 Å². The Labute approximate surface area is 145 Å². The number of carboxylic acid groups (broad SMARTS) is 1. The first kappa shape index (κ1) is 15.0. The molecule has 1 saturated carbocycles. The molecule has 0 radical (unpaired) electrons. The molecule has 1 heterocycles. The van der Waals surface area contributed by atoms with Crippen LogP contribution < -0.4 is 0 Å². The highest BCUT2D eigenvalue weighted by Crippen LogP contribution is 2.44. The number of halogens is 1. The fraction of sp³-hybridized carbons (Fsp3) is 0.176. The summed E-state index contributed by atoms with van der Waals surface area (Å²) in [5.41, 5.74) is 1.96. The molecule has 120 valence electrons. The first-order chi connectivity index (χ1) is 11.6. The molecule has 0 bridgehead atoms. The molecule has 2 aromatic carbocycles. The second-order valence-electron chi connectivity index (χ2n) is 5.76. The third-order valence-electron chi connectivity index (χ3n) is 4.21.